The van der Waals surface area contributed by atoms with Gasteiger partial charge in [-0.1, -0.05) is 23.7 Å². The molecule has 0 saturated carbocycles. The van der Waals surface area contributed by atoms with Crippen LogP contribution in [0.4, 0.5) is 0 Å². The Hall–Kier alpha value is -2.07. The van der Waals surface area contributed by atoms with Crippen molar-refractivity contribution in [1.82, 2.24) is 10.3 Å². The van der Waals surface area contributed by atoms with Crippen molar-refractivity contribution >= 4 is 17.5 Å². The molecule has 1 amide bonds. The number of methoxy groups -OCH3 is 1. The first-order valence-corrected chi connectivity index (χ1v) is 7.11. The lowest BCUT2D eigenvalue weighted by molar-refractivity contribution is 0.0938. The summed E-state index contributed by atoms with van der Waals surface area (Å²) in [6.07, 6.45) is 4.61. The van der Waals surface area contributed by atoms with Gasteiger partial charge in [0.25, 0.3) is 5.91 Å². The standard InChI is InChI=1S/C16H15ClN2O2/c1-21-15-4-2-3-10-6-13(7-14(10)15)19-16(20)11-5-12(17)9-18-8-11/h2-5,8-9,13H,6-7H2,1H3,(H,19,20)/t13-/m0/s1. The number of hydrogen-bond donors (Lipinski definition) is 1. The molecule has 1 aliphatic carbocycles. The van der Waals surface area contributed by atoms with Gasteiger partial charge in [0, 0.05) is 18.4 Å². The van der Waals surface area contributed by atoms with Crippen LogP contribution in [-0.2, 0) is 12.8 Å². The number of carbonyl (C=O) groups excluding carboxylic acids is 1. The molecule has 108 valence electrons. The number of hydrogen-bond acceptors (Lipinski definition) is 3. The molecule has 1 aromatic heterocycles. The SMILES string of the molecule is COc1cccc2c1C[C@@H](NC(=O)c1cncc(Cl)c1)C2. The van der Waals surface area contributed by atoms with Crippen molar-refractivity contribution in [1.29, 1.82) is 0 Å². The largest absolute Gasteiger partial charge is 0.496 e. The number of ether oxygens (including phenoxy) is 1. The van der Waals surface area contributed by atoms with E-state index >= 15 is 0 Å². The highest BCUT2D eigenvalue weighted by molar-refractivity contribution is 6.30. The minimum atomic E-state index is -0.151. The molecule has 0 radical (unpaired) electrons. The third kappa shape index (κ3) is 2.85. The Balaban J connectivity index is 1.72. The van der Waals surface area contributed by atoms with Crippen molar-refractivity contribution in [3.63, 3.8) is 0 Å². The van der Waals surface area contributed by atoms with Crippen LogP contribution in [0.3, 0.4) is 0 Å². The fourth-order valence-electron chi connectivity index (χ4n) is 2.72. The van der Waals surface area contributed by atoms with Crippen LogP contribution in [0.2, 0.25) is 5.02 Å². The Morgan fingerprint density at radius 3 is 3.00 bits per heavy atom. The summed E-state index contributed by atoms with van der Waals surface area (Å²) in [5.74, 6) is 0.732. The van der Waals surface area contributed by atoms with Gasteiger partial charge in [0.2, 0.25) is 0 Å². The molecule has 2 aromatic rings. The smallest absolute Gasteiger partial charge is 0.253 e. The number of nitrogens with one attached hydrogen (secondary N) is 1. The average Bonchev–Trinajstić information content (AvgIpc) is 2.89. The van der Waals surface area contributed by atoms with Gasteiger partial charge in [-0.3, -0.25) is 9.78 Å². The summed E-state index contributed by atoms with van der Waals surface area (Å²) in [6.45, 7) is 0. The fraction of sp³-hybridized carbons (Fsp3) is 0.250. The van der Waals surface area contributed by atoms with E-state index in [0.717, 1.165) is 18.6 Å². The van der Waals surface area contributed by atoms with E-state index in [1.165, 1.54) is 23.5 Å². The van der Waals surface area contributed by atoms with E-state index in [1.54, 1.807) is 13.2 Å². The van der Waals surface area contributed by atoms with E-state index in [9.17, 15) is 4.79 Å². The summed E-state index contributed by atoms with van der Waals surface area (Å²) >= 11 is 5.86. The quantitative estimate of drug-likeness (QED) is 0.948. The Bertz CT molecular complexity index is 688. The fourth-order valence-corrected chi connectivity index (χ4v) is 2.89. The minimum absolute atomic E-state index is 0.0720. The van der Waals surface area contributed by atoms with Crippen molar-refractivity contribution < 1.29 is 9.53 Å². The lowest BCUT2D eigenvalue weighted by atomic mass is 10.1. The van der Waals surface area contributed by atoms with Gasteiger partial charge in [0.15, 0.2) is 0 Å². The van der Waals surface area contributed by atoms with Crippen LogP contribution >= 0.6 is 11.6 Å². The lowest BCUT2D eigenvalue weighted by Crippen LogP contribution is -2.35. The summed E-state index contributed by atoms with van der Waals surface area (Å²) in [4.78, 5) is 16.2. The molecule has 5 heteroatoms. The van der Waals surface area contributed by atoms with Crippen LogP contribution in [-0.4, -0.2) is 24.0 Å². The zero-order chi connectivity index (χ0) is 14.8. The molecule has 0 spiro atoms. The number of halogens is 1. The number of carbonyl (C=O) groups is 1. The minimum Gasteiger partial charge on any atom is -0.496 e. The summed E-state index contributed by atoms with van der Waals surface area (Å²) in [5, 5.41) is 3.48. The van der Waals surface area contributed by atoms with Gasteiger partial charge in [0.05, 0.1) is 17.7 Å². The molecular weight excluding hydrogens is 288 g/mol. The predicted octanol–water partition coefficient (Wildman–Crippen LogP) is 2.64. The number of aromatic nitrogens is 1. The second kappa shape index (κ2) is 5.74. The topological polar surface area (TPSA) is 51.2 Å². The van der Waals surface area contributed by atoms with Gasteiger partial charge in [-0.15, -0.1) is 0 Å². The van der Waals surface area contributed by atoms with Crippen LogP contribution in [0.1, 0.15) is 21.5 Å². The molecule has 1 aromatic carbocycles. The molecule has 3 rings (SSSR count). The third-order valence-corrected chi connectivity index (χ3v) is 3.88. The summed E-state index contributed by atoms with van der Waals surface area (Å²) in [5.41, 5.74) is 2.88. The third-order valence-electron chi connectivity index (χ3n) is 3.67. The van der Waals surface area contributed by atoms with Gasteiger partial charge >= 0.3 is 0 Å². The van der Waals surface area contributed by atoms with Crippen molar-refractivity contribution in [2.45, 2.75) is 18.9 Å². The molecule has 0 unspecified atom stereocenters. The monoisotopic (exact) mass is 302 g/mol. The van der Waals surface area contributed by atoms with E-state index in [0.29, 0.717) is 10.6 Å². The number of rotatable bonds is 3. The number of nitrogens with zero attached hydrogens (tertiary/aromatic N) is 1. The van der Waals surface area contributed by atoms with Crippen molar-refractivity contribution in [2.24, 2.45) is 0 Å². The van der Waals surface area contributed by atoms with E-state index in [2.05, 4.69) is 16.4 Å². The van der Waals surface area contributed by atoms with Crippen molar-refractivity contribution in [2.75, 3.05) is 7.11 Å². The highest BCUT2D eigenvalue weighted by atomic mass is 35.5. The highest BCUT2D eigenvalue weighted by Crippen LogP contribution is 2.30. The molecule has 4 nitrogen and oxygen atoms in total. The molecule has 1 N–H and O–H groups in total. The van der Waals surface area contributed by atoms with Gasteiger partial charge in [-0.05, 0) is 36.1 Å². The Morgan fingerprint density at radius 1 is 1.38 bits per heavy atom. The van der Waals surface area contributed by atoms with Crippen LogP contribution in [0.5, 0.6) is 5.75 Å². The van der Waals surface area contributed by atoms with Crippen molar-refractivity contribution in [3.8, 4) is 5.75 Å². The second-order valence-electron chi connectivity index (χ2n) is 5.07. The molecule has 0 aliphatic heterocycles. The maximum absolute atomic E-state index is 12.2. The number of amides is 1. The Morgan fingerprint density at radius 2 is 2.24 bits per heavy atom. The highest BCUT2D eigenvalue weighted by Gasteiger charge is 2.25. The van der Waals surface area contributed by atoms with Crippen LogP contribution < -0.4 is 10.1 Å². The number of benzene rings is 1. The van der Waals surface area contributed by atoms with Crippen molar-refractivity contribution in [3.05, 3.63) is 58.4 Å². The maximum atomic E-state index is 12.2. The Labute approximate surface area is 128 Å². The van der Waals surface area contributed by atoms with Gasteiger partial charge in [-0.2, -0.15) is 0 Å². The van der Waals surface area contributed by atoms with Crippen LogP contribution in [0.25, 0.3) is 0 Å². The Kier molecular flexibility index (Phi) is 3.80. The average molecular weight is 303 g/mol. The summed E-state index contributed by atoms with van der Waals surface area (Å²) in [6, 6.07) is 7.69. The first kappa shape index (κ1) is 13.9. The van der Waals surface area contributed by atoms with Crippen LogP contribution in [0.15, 0.2) is 36.7 Å². The summed E-state index contributed by atoms with van der Waals surface area (Å²) < 4.78 is 5.37. The van der Waals surface area contributed by atoms with E-state index < -0.39 is 0 Å². The van der Waals surface area contributed by atoms with E-state index in [-0.39, 0.29) is 11.9 Å². The molecule has 0 fully saturated rings. The molecule has 1 atom stereocenters. The van der Waals surface area contributed by atoms with Gasteiger partial charge in [-0.25, -0.2) is 0 Å². The molecule has 0 saturated heterocycles. The molecule has 0 bridgehead atoms. The first-order chi connectivity index (χ1) is 10.2. The zero-order valence-electron chi connectivity index (χ0n) is 11.6. The van der Waals surface area contributed by atoms with Gasteiger partial charge in [0.1, 0.15) is 5.75 Å². The molecule has 1 heterocycles. The number of pyridine rings is 1. The normalized spacial score (nSPS) is 16.4. The van der Waals surface area contributed by atoms with Gasteiger partial charge < -0.3 is 10.1 Å². The zero-order valence-corrected chi connectivity index (χ0v) is 12.4. The second-order valence-corrected chi connectivity index (χ2v) is 5.50. The lowest BCUT2D eigenvalue weighted by Gasteiger charge is -2.12. The first-order valence-electron chi connectivity index (χ1n) is 6.73. The molecular formula is C16H15ClN2O2. The molecule has 21 heavy (non-hydrogen) atoms. The van der Waals surface area contributed by atoms with E-state index in [1.807, 2.05) is 12.1 Å². The van der Waals surface area contributed by atoms with Crippen LogP contribution in [0, 0.1) is 0 Å². The van der Waals surface area contributed by atoms with E-state index in [4.69, 9.17) is 16.3 Å². The number of fused-ring (bicyclic) bond motifs is 1. The molecule has 1 aliphatic rings. The predicted molar refractivity (Wildman–Crippen MR) is 80.9 cm³/mol. The maximum Gasteiger partial charge on any atom is 0.253 e. The summed E-state index contributed by atoms with van der Waals surface area (Å²) in [7, 11) is 1.67.